The van der Waals surface area contributed by atoms with E-state index in [2.05, 4.69) is 5.32 Å². The van der Waals surface area contributed by atoms with Gasteiger partial charge in [-0.2, -0.15) is 0 Å². The van der Waals surface area contributed by atoms with Crippen molar-refractivity contribution in [2.75, 3.05) is 20.3 Å². The molecule has 0 fully saturated rings. The lowest BCUT2D eigenvalue weighted by atomic mass is 10.1. The minimum atomic E-state index is -0.934. The number of benzene rings is 1. The second kappa shape index (κ2) is 7.76. The van der Waals surface area contributed by atoms with Crippen molar-refractivity contribution in [2.45, 2.75) is 11.8 Å². The molecule has 0 aliphatic carbocycles. The highest BCUT2D eigenvalue weighted by molar-refractivity contribution is 6.20. The second-order valence-corrected chi connectivity index (χ2v) is 4.64. The van der Waals surface area contributed by atoms with E-state index >= 15 is 0 Å². The molecule has 0 aromatic heterocycles. The first-order valence-corrected chi connectivity index (χ1v) is 6.24. The molecule has 1 unspecified atom stereocenters. The van der Waals surface area contributed by atoms with E-state index in [1.165, 1.54) is 7.11 Å². The first-order valence-electron chi connectivity index (χ1n) is 5.81. The molecule has 0 heterocycles. The predicted molar refractivity (Wildman–Crippen MR) is 71.5 cm³/mol. The van der Waals surface area contributed by atoms with Crippen molar-refractivity contribution in [2.24, 2.45) is 0 Å². The number of amides is 1. The fraction of sp³-hybridized carbons (Fsp3) is 0.417. The fourth-order valence-electron chi connectivity index (χ4n) is 1.50. The number of nitrogens with one attached hydrogen (secondary N) is 1. The van der Waals surface area contributed by atoms with Crippen LogP contribution < -0.4 is 5.32 Å². The number of ether oxygens (including phenoxy) is 1. The molecule has 0 saturated heterocycles. The number of nitrogens with zero attached hydrogens (tertiary/aromatic N) is 1. The van der Waals surface area contributed by atoms with Crippen molar-refractivity contribution >= 4 is 23.2 Å². The average Bonchev–Trinajstić information content (AvgIpc) is 2.38. The largest absolute Gasteiger partial charge is 0.383 e. The van der Waals surface area contributed by atoms with Crippen molar-refractivity contribution in [1.82, 2.24) is 5.32 Å². The van der Waals surface area contributed by atoms with Crippen molar-refractivity contribution in [3.05, 3.63) is 39.7 Å². The van der Waals surface area contributed by atoms with Gasteiger partial charge in [-0.15, -0.1) is 11.6 Å². The standard InChI is InChI=1S/C12H14ClFN2O4/c1-20-7-8(13)4-5-15-12(17)10-3-2-9(16(18)19)6-11(10)14/h2-3,6,8H,4-5,7H2,1H3,(H,15,17). The molecule has 0 spiro atoms. The molecule has 1 aromatic carbocycles. The van der Waals surface area contributed by atoms with Gasteiger partial charge in [0.15, 0.2) is 0 Å². The Hall–Kier alpha value is -1.73. The Morgan fingerprint density at radius 1 is 1.60 bits per heavy atom. The molecule has 1 amide bonds. The summed E-state index contributed by atoms with van der Waals surface area (Å²) in [5.41, 5.74) is -0.645. The highest BCUT2D eigenvalue weighted by Gasteiger charge is 2.16. The van der Waals surface area contributed by atoms with E-state index in [1.807, 2.05) is 0 Å². The maximum atomic E-state index is 13.6. The van der Waals surface area contributed by atoms with Gasteiger partial charge in [-0.1, -0.05) is 0 Å². The van der Waals surface area contributed by atoms with Crippen LogP contribution in [0.4, 0.5) is 10.1 Å². The molecular weight excluding hydrogens is 291 g/mol. The Labute approximate surface area is 120 Å². The van der Waals surface area contributed by atoms with Gasteiger partial charge in [-0.05, 0) is 12.5 Å². The third-order valence-electron chi connectivity index (χ3n) is 2.50. The van der Waals surface area contributed by atoms with Gasteiger partial charge in [0.2, 0.25) is 0 Å². The van der Waals surface area contributed by atoms with E-state index in [1.54, 1.807) is 0 Å². The topological polar surface area (TPSA) is 81.5 Å². The Morgan fingerprint density at radius 2 is 2.30 bits per heavy atom. The Balaban J connectivity index is 2.58. The summed E-state index contributed by atoms with van der Waals surface area (Å²) in [6.45, 7) is 0.607. The summed E-state index contributed by atoms with van der Waals surface area (Å²) in [4.78, 5) is 21.4. The smallest absolute Gasteiger partial charge is 0.272 e. The molecule has 0 radical (unpaired) electrons. The summed E-state index contributed by atoms with van der Waals surface area (Å²) in [5, 5.41) is 12.7. The molecule has 0 saturated carbocycles. The zero-order chi connectivity index (χ0) is 15.1. The minimum absolute atomic E-state index is 0.242. The van der Waals surface area contributed by atoms with E-state index in [0.717, 1.165) is 12.1 Å². The summed E-state index contributed by atoms with van der Waals surface area (Å²) < 4.78 is 18.4. The summed E-state index contributed by atoms with van der Waals surface area (Å²) in [6.07, 6.45) is 0.468. The van der Waals surface area contributed by atoms with E-state index in [0.29, 0.717) is 19.1 Å². The third kappa shape index (κ3) is 4.75. The van der Waals surface area contributed by atoms with Gasteiger partial charge in [0.1, 0.15) is 5.82 Å². The maximum absolute atomic E-state index is 13.6. The summed E-state index contributed by atoms with van der Waals surface area (Å²) in [5.74, 6) is -1.57. The summed E-state index contributed by atoms with van der Waals surface area (Å²) in [6, 6.07) is 2.87. The number of methoxy groups -OCH3 is 1. The van der Waals surface area contributed by atoms with Gasteiger partial charge in [0, 0.05) is 19.7 Å². The monoisotopic (exact) mass is 304 g/mol. The molecule has 20 heavy (non-hydrogen) atoms. The average molecular weight is 305 g/mol. The number of nitro benzene ring substituents is 1. The van der Waals surface area contributed by atoms with Crippen LogP contribution in [0.1, 0.15) is 16.8 Å². The van der Waals surface area contributed by atoms with E-state index in [-0.39, 0.29) is 17.5 Å². The van der Waals surface area contributed by atoms with Crippen molar-refractivity contribution < 1.29 is 18.8 Å². The quantitative estimate of drug-likeness (QED) is 0.475. The number of non-ortho nitro benzene ring substituents is 1. The van der Waals surface area contributed by atoms with Crippen molar-refractivity contribution in [1.29, 1.82) is 0 Å². The first-order chi connectivity index (χ1) is 9.45. The van der Waals surface area contributed by atoms with Crippen LogP contribution in [0.3, 0.4) is 0 Å². The predicted octanol–water partition coefficient (Wildman–Crippen LogP) is 2.11. The number of nitro groups is 1. The van der Waals surface area contributed by atoms with Gasteiger partial charge in [-0.3, -0.25) is 14.9 Å². The molecule has 0 aliphatic rings. The van der Waals surface area contributed by atoms with E-state index < -0.39 is 22.3 Å². The molecule has 6 nitrogen and oxygen atoms in total. The fourth-order valence-corrected chi connectivity index (χ4v) is 1.74. The lowest BCUT2D eigenvalue weighted by molar-refractivity contribution is -0.385. The highest BCUT2D eigenvalue weighted by atomic mass is 35.5. The van der Waals surface area contributed by atoms with Gasteiger partial charge >= 0.3 is 0 Å². The van der Waals surface area contributed by atoms with Gasteiger partial charge in [0.25, 0.3) is 11.6 Å². The van der Waals surface area contributed by atoms with Crippen LogP contribution in [-0.2, 0) is 4.74 Å². The van der Waals surface area contributed by atoms with E-state index in [4.69, 9.17) is 16.3 Å². The number of carbonyl (C=O) groups is 1. The molecule has 1 aromatic rings. The molecule has 1 rings (SSSR count). The Kier molecular flexibility index (Phi) is 6.33. The molecule has 1 N–H and O–H groups in total. The number of rotatable bonds is 7. The lowest BCUT2D eigenvalue weighted by Crippen LogP contribution is -2.27. The zero-order valence-electron chi connectivity index (χ0n) is 10.8. The highest BCUT2D eigenvalue weighted by Crippen LogP contribution is 2.16. The number of alkyl halides is 1. The Bertz CT molecular complexity index is 498. The minimum Gasteiger partial charge on any atom is -0.383 e. The summed E-state index contributed by atoms with van der Waals surface area (Å²) in [7, 11) is 1.51. The van der Waals surface area contributed by atoms with Crippen LogP contribution in [0.5, 0.6) is 0 Å². The zero-order valence-corrected chi connectivity index (χ0v) is 11.5. The SMILES string of the molecule is COCC(Cl)CCNC(=O)c1ccc([N+](=O)[O-])cc1F. The number of hydrogen-bond acceptors (Lipinski definition) is 4. The molecular formula is C12H14ClFN2O4. The summed E-state index contributed by atoms with van der Waals surface area (Å²) >= 11 is 5.87. The maximum Gasteiger partial charge on any atom is 0.272 e. The lowest BCUT2D eigenvalue weighted by Gasteiger charge is -2.09. The van der Waals surface area contributed by atoms with Crippen LogP contribution in [0.25, 0.3) is 0 Å². The van der Waals surface area contributed by atoms with Gasteiger partial charge in [-0.25, -0.2) is 4.39 Å². The van der Waals surface area contributed by atoms with Crippen molar-refractivity contribution in [3.8, 4) is 0 Å². The van der Waals surface area contributed by atoms with Crippen LogP contribution in [0.2, 0.25) is 0 Å². The molecule has 110 valence electrons. The van der Waals surface area contributed by atoms with Crippen LogP contribution >= 0.6 is 11.6 Å². The Morgan fingerprint density at radius 3 is 2.85 bits per heavy atom. The number of carbonyl (C=O) groups excluding carboxylic acids is 1. The van der Waals surface area contributed by atoms with Crippen molar-refractivity contribution in [3.63, 3.8) is 0 Å². The molecule has 0 aliphatic heterocycles. The second-order valence-electron chi connectivity index (χ2n) is 4.02. The van der Waals surface area contributed by atoms with Crippen LogP contribution in [0, 0.1) is 15.9 Å². The molecule has 0 bridgehead atoms. The molecule has 8 heteroatoms. The molecule has 1 atom stereocenters. The number of hydrogen-bond donors (Lipinski definition) is 1. The number of halogens is 2. The van der Waals surface area contributed by atoms with E-state index in [9.17, 15) is 19.3 Å². The van der Waals surface area contributed by atoms with Crippen LogP contribution in [-0.4, -0.2) is 36.5 Å². The van der Waals surface area contributed by atoms with Gasteiger partial charge < -0.3 is 10.1 Å². The first kappa shape index (κ1) is 16.3. The van der Waals surface area contributed by atoms with Gasteiger partial charge in [0.05, 0.1) is 28.5 Å². The van der Waals surface area contributed by atoms with Crippen LogP contribution in [0.15, 0.2) is 18.2 Å². The normalized spacial score (nSPS) is 11.9. The third-order valence-corrected chi connectivity index (χ3v) is 2.84.